The summed E-state index contributed by atoms with van der Waals surface area (Å²) in [5.74, 6) is 1.38. The first-order valence-electron chi connectivity index (χ1n) is 7.47. The molecule has 0 aromatic heterocycles. The zero-order valence-corrected chi connectivity index (χ0v) is 13.1. The maximum absolute atomic E-state index is 6.59. The van der Waals surface area contributed by atoms with E-state index in [2.05, 4.69) is 32.9 Å². The molecule has 0 radical (unpaired) electrons. The van der Waals surface area contributed by atoms with E-state index in [0.717, 1.165) is 11.4 Å². The minimum atomic E-state index is 0.202. The molecule has 1 saturated carbocycles. The van der Waals surface area contributed by atoms with Crippen LogP contribution < -0.4 is 5.73 Å². The monoisotopic (exact) mass is 279 g/mol. The van der Waals surface area contributed by atoms with Gasteiger partial charge in [-0.05, 0) is 48.8 Å². The molecular formula is C17H26ClN. The van der Waals surface area contributed by atoms with Gasteiger partial charge in [0, 0.05) is 16.5 Å². The Kier molecular flexibility index (Phi) is 4.58. The molecule has 2 rings (SSSR count). The van der Waals surface area contributed by atoms with Crippen molar-refractivity contribution in [2.45, 2.75) is 57.9 Å². The Hall–Kier alpha value is -0.530. The van der Waals surface area contributed by atoms with Gasteiger partial charge in [0.05, 0.1) is 0 Å². The number of rotatable bonds is 5. The molecule has 1 aromatic carbocycles. The highest BCUT2D eigenvalue weighted by Crippen LogP contribution is 2.47. The Morgan fingerprint density at radius 2 is 1.74 bits per heavy atom. The maximum Gasteiger partial charge on any atom is 0.0406 e. The van der Waals surface area contributed by atoms with Crippen LogP contribution in [-0.4, -0.2) is 6.04 Å². The van der Waals surface area contributed by atoms with Crippen molar-refractivity contribution in [1.29, 1.82) is 0 Å². The van der Waals surface area contributed by atoms with Gasteiger partial charge in [0.15, 0.2) is 0 Å². The first kappa shape index (κ1) is 14.9. The van der Waals surface area contributed by atoms with Gasteiger partial charge in [0.1, 0.15) is 0 Å². The van der Waals surface area contributed by atoms with Gasteiger partial charge in [0.2, 0.25) is 0 Å². The third-order valence-electron chi connectivity index (χ3n) is 5.14. The number of nitrogens with two attached hydrogens (primary N) is 1. The lowest BCUT2D eigenvalue weighted by molar-refractivity contribution is 0.167. The topological polar surface area (TPSA) is 26.0 Å². The molecule has 0 saturated heterocycles. The normalized spacial score (nSPS) is 20.9. The van der Waals surface area contributed by atoms with Crippen LogP contribution in [0.2, 0.25) is 5.02 Å². The van der Waals surface area contributed by atoms with E-state index < -0.39 is 0 Å². The average molecular weight is 280 g/mol. The molecule has 0 heterocycles. The van der Waals surface area contributed by atoms with Gasteiger partial charge in [0.25, 0.3) is 0 Å². The van der Waals surface area contributed by atoms with Crippen LogP contribution in [0.1, 0.15) is 52.0 Å². The largest absolute Gasteiger partial charge is 0.327 e. The first-order valence-corrected chi connectivity index (χ1v) is 7.85. The summed E-state index contributed by atoms with van der Waals surface area (Å²) in [6, 6.07) is 8.59. The second-order valence-electron chi connectivity index (χ2n) is 6.58. The van der Waals surface area contributed by atoms with Crippen molar-refractivity contribution in [2.24, 2.45) is 17.6 Å². The Morgan fingerprint density at radius 3 is 2.16 bits per heavy atom. The first-order chi connectivity index (χ1) is 8.95. The van der Waals surface area contributed by atoms with Gasteiger partial charge in [-0.25, -0.2) is 0 Å². The number of hydrogen-bond donors (Lipinski definition) is 1. The predicted octanol–water partition coefficient (Wildman–Crippen LogP) is 4.77. The molecule has 1 aliphatic rings. The van der Waals surface area contributed by atoms with Crippen molar-refractivity contribution in [2.75, 3.05) is 0 Å². The zero-order chi connectivity index (χ0) is 14.0. The van der Waals surface area contributed by atoms with E-state index >= 15 is 0 Å². The lowest BCUT2D eigenvalue weighted by atomic mass is 9.59. The second-order valence-corrected chi connectivity index (χ2v) is 7.02. The van der Waals surface area contributed by atoms with Crippen LogP contribution in [0.15, 0.2) is 24.3 Å². The van der Waals surface area contributed by atoms with Gasteiger partial charge < -0.3 is 5.73 Å². The van der Waals surface area contributed by atoms with E-state index in [1.165, 1.54) is 24.8 Å². The number of halogens is 1. The molecule has 19 heavy (non-hydrogen) atoms. The van der Waals surface area contributed by atoms with Crippen molar-refractivity contribution in [3.8, 4) is 0 Å². The van der Waals surface area contributed by atoms with Gasteiger partial charge in [-0.3, -0.25) is 0 Å². The lowest BCUT2D eigenvalue weighted by Gasteiger charge is -2.48. The molecule has 2 unspecified atom stereocenters. The van der Waals surface area contributed by atoms with Crippen LogP contribution in [0.5, 0.6) is 0 Å². The Morgan fingerprint density at radius 1 is 1.16 bits per heavy atom. The molecule has 1 aromatic rings. The fourth-order valence-electron chi connectivity index (χ4n) is 3.11. The fourth-order valence-corrected chi connectivity index (χ4v) is 3.24. The summed E-state index contributed by atoms with van der Waals surface area (Å²) in [6.07, 6.45) is 4.86. The third-order valence-corrected chi connectivity index (χ3v) is 5.39. The Balaban J connectivity index is 2.16. The fraction of sp³-hybridized carbons (Fsp3) is 0.647. The van der Waals surface area contributed by atoms with Crippen molar-refractivity contribution < 1.29 is 0 Å². The van der Waals surface area contributed by atoms with Crippen molar-refractivity contribution in [3.63, 3.8) is 0 Å². The minimum absolute atomic E-state index is 0.202. The Labute approximate surface area is 122 Å². The smallest absolute Gasteiger partial charge is 0.0406 e. The van der Waals surface area contributed by atoms with Gasteiger partial charge in [-0.15, -0.1) is 0 Å². The number of hydrogen-bond acceptors (Lipinski definition) is 1. The molecule has 1 aliphatic carbocycles. The van der Waals surface area contributed by atoms with Gasteiger partial charge in [-0.2, -0.15) is 0 Å². The van der Waals surface area contributed by atoms with Gasteiger partial charge >= 0.3 is 0 Å². The van der Waals surface area contributed by atoms with Gasteiger partial charge in [-0.1, -0.05) is 50.9 Å². The molecule has 2 N–H and O–H groups in total. The van der Waals surface area contributed by atoms with Crippen LogP contribution in [-0.2, 0) is 5.41 Å². The van der Waals surface area contributed by atoms with Crippen molar-refractivity contribution in [1.82, 2.24) is 0 Å². The molecule has 106 valence electrons. The van der Waals surface area contributed by atoms with E-state index in [9.17, 15) is 0 Å². The van der Waals surface area contributed by atoms with E-state index in [4.69, 9.17) is 17.3 Å². The summed E-state index contributed by atoms with van der Waals surface area (Å²) < 4.78 is 0. The highest BCUT2D eigenvalue weighted by Gasteiger charge is 2.44. The molecule has 1 nitrogen and oxygen atoms in total. The third kappa shape index (κ3) is 2.98. The standard InChI is InChI=1S/C17H26ClN/c1-12(2)13(3)11-16(19)17(9-4-10-17)14-5-7-15(18)8-6-14/h5-8,12-13,16H,4,9-11,19H2,1-3H3. The molecule has 1 fully saturated rings. The average Bonchev–Trinajstić information content (AvgIpc) is 2.30. The summed E-state index contributed by atoms with van der Waals surface area (Å²) in [5, 5.41) is 0.808. The molecule has 0 spiro atoms. The zero-order valence-electron chi connectivity index (χ0n) is 12.3. The van der Waals surface area contributed by atoms with Crippen LogP contribution in [0.3, 0.4) is 0 Å². The van der Waals surface area contributed by atoms with Crippen molar-refractivity contribution >= 4 is 11.6 Å². The molecule has 2 atom stereocenters. The summed E-state index contributed by atoms with van der Waals surface area (Å²) in [6.45, 7) is 6.89. The second kappa shape index (κ2) is 5.85. The molecule has 0 aliphatic heterocycles. The summed E-state index contributed by atoms with van der Waals surface area (Å²) in [4.78, 5) is 0. The predicted molar refractivity (Wildman–Crippen MR) is 83.6 cm³/mol. The molecule has 0 bridgehead atoms. The van der Waals surface area contributed by atoms with Crippen molar-refractivity contribution in [3.05, 3.63) is 34.9 Å². The SMILES string of the molecule is CC(C)C(C)CC(N)C1(c2ccc(Cl)cc2)CCC1. The highest BCUT2D eigenvalue weighted by atomic mass is 35.5. The lowest BCUT2D eigenvalue weighted by Crippen LogP contribution is -2.51. The maximum atomic E-state index is 6.59. The van der Waals surface area contributed by atoms with Crippen LogP contribution >= 0.6 is 11.6 Å². The highest BCUT2D eigenvalue weighted by molar-refractivity contribution is 6.30. The quantitative estimate of drug-likeness (QED) is 0.825. The van der Waals surface area contributed by atoms with E-state index in [1.54, 1.807) is 0 Å². The summed E-state index contributed by atoms with van der Waals surface area (Å²) >= 11 is 6.00. The molecular weight excluding hydrogens is 254 g/mol. The van der Waals surface area contributed by atoms with E-state index in [0.29, 0.717) is 11.8 Å². The van der Waals surface area contributed by atoms with Crippen LogP contribution in [0.4, 0.5) is 0 Å². The van der Waals surface area contributed by atoms with E-state index in [1.807, 2.05) is 12.1 Å². The number of benzene rings is 1. The Bertz CT molecular complexity index is 406. The van der Waals surface area contributed by atoms with E-state index in [-0.39, 0.29) is 11.5 Å². The van der Waals surface area contributed by atoms with Crippen LogP contribution in [0, 0.1) is 11.8 Å². The molecule has 2 heteroatoms. The summed E-state index contributed by atoms with van der Waals surface area (Å²) in [5.41, 5.74) is 8.17. The summed E-state index contributed by atoms with van der Waals surface area (Å²) in [7, 11) is 0. The minimum Gasteiger partial charge on any atom is -0.327 e. The molecule has 0 amide bonds. The van der Waals surface area contributed by atoms with Crippen LogP contribution in [0.25, 0.3) is 0 Å².